The number of piperidine rings is 1. The van der Waals surface area contributed by atoms with Gasteiger partial charge in [-0.25, -0.2) is 0 Å². The van der Waals surface area contributed by atoms with Crippen molar-refractivity contribution in [2.75, 3.05) is 13.1 Å². The van der Waals surface area contributed by atoms with Crippen LogP contribution < -0.4 is 0 Å². The normalized spacial score (nSPS) is 23.7. The zero-order valence-electron chi connectivity index (χ0n) is 20.4. The minimum Gasteiger partial charge on any atom is -0.392 e. The highest BCUT2D eigenvalue weighted by atomic mass is 19.4. The Balaban J connectivity index is 1.35. The number of aryl methyl sites for hydroxylation is 3. The molecular formula is C28H32F3NO3. The first-order valence-corrected chi connectivity index (χ1v) is 12.2. The van der Waals surface area contributed by atoms with Gasteiger partial charge in [0, 0.05) is 25.1 Å². The van der Waals surface area contributed by atoms with Crippen molar-refractivity contribution in [3.8, 4) is 0 Å². The minimum absolute atomic E-state index is 0.0903. The predicted octanol–water partition coefficient (Wildman–Crippen LogP) is 5.61. The number of Topliss-reactive ketones (excluding diaryl/α,β-unsaturated/α-hetero) is 1. The van der Waals surface area contributed by atoms with E-state index in [2.05, 4.69) is 12.1 Å². The van der Waals surface area contributed by atoms with Crippen molar-refractivity contribution in [2.45, 2.75) is 64.7 Å². The summed E-state index contributed by atoms with van der Waals surface area (Å²) < 4.78 is 38.3. The maximum atomic E-state index is 12.9. The third-order valence-corrected chi connectivity index (χ3v) is 7.68. The summed E-state index contributed by atoms with van der Waals surface area (Å²) >= 11 is 0. The Kier molecular flexibility index (Phi) is 7.09. The number of halogens is 3. The van der Waals surface area contributed by atoms with Gasteiger partial charge in [0.15, 0.2) is 0 Å². The van der Waals surface area contributed by atoms with Gasteiger partial charge in [-0.2, -0.15) is 13.2 Å². The fourth-order valence-corrected chi connectivity index (χ4v) is 5.99. The van der Waals surface area contributed by atoms with Crippen LogP contribution in [0.3, 0.4) is 0 Å². The van der Waals surface area contributed by atoms with Gasteiger partial charge in [0.25, 0.3) is 5.91 Å². The number of aliphatic hydroxyl groups excluding tert-OH is 1. The lowest BCUT2D eigenvalue weighted by atomic mass is 9.82. The third-order valence-electron chi connectivity index (χ3n) is 7.68. The van der Waals surface area contributed by atoms with E-state index in [9.17, 15) is 27.9 Å². The van der Waals surface area contributed by atoms with E-state index in [1.54, 1.807) is 4.90 Å². The molecule has 1 aliphatic heterocycles. The first-order chi connectivity index (χ1) is 16.5. The lowest BCUT2D eigenvalue weighted by molar-refractivity contribution is -0.137. The molecule has 2 fully saturated rings. The maximum absolute atomic E-state index is 12.9. The van der Waals surface area contributed by atoms with Gasteiger partial charge in [-0.3, -0.25) is 9.59 Å². The highest BCUT2D eigenvalue weighted by molar-refractivity contribution is 5.94. The molecule has 4 rings (SSSR count). The molecule has 2 aromatic carbocycles. The van der Waals surface area contributed by atoms with Gasteiger partial charge in [-0.1, -0.05) is 17.7 Å². The number of benzene rings is 2. The average molecular weight is 488 g/mol. The molecule has 0 bridgehead atoms. The largest absolute Gasteiger partial charge is 0.416 e. The van der Waals surface area contributed by atoms with Gasteiger partial charge in [-0.15, -0.1) is 0 Å². The van der Waals surface area contributed by atoms with Crippen molar-refractivity contribution in [1.29, 1.82) is 0 Å². The van der Waals surface area contributed by atoms with Gasteiger partial charge in [-0.05, 0) is 92.8 Å². The molecule has 1 saturated heterocycles. The molecule has 1 heterocycles. The van der Waals surface area contributed by atoms with Crippen LogP contribution in [-0.2, 0) is 11.0 Å². The zero-order chi connectivity index (χ0) is 25.5. The number of likely N-dealkylation sites (tertiary alicyclic amines) is 1. The number of rotatable bonds is 4. The quantitative estimate of drug-likeness (QED) is 0.610. The number of amides is 1. The summed E-state index contributed by atoms with van der Waals surface area (Å²) in [6.45, 7) is 7.04. The molecule has 0 aromatic heterocycles. The van der Waals surface area contributed by atoms with E-state index < -0.39 is 23.8 Å². The molecule has 1 aliphatic carbocycles. The topological polar surface area (TPSA) is 57.6 Å². The first kappa shape index (κ1) is 25.4. The van der Waals surface area contributed by atoms with Crippen molar-refractivity contribution in [2.24, 2.45) is 11.8 Å². The number of nitrogens with zero attached hydrogens (tertiary/aromatic N) is 1. The molecule has 1 saturated carbocycles. The molecule has 2 aromatic rings. The molecule has 2 aliphatic rings. The number of carbonyl (C=O) groups excluding carboxylic acids is 2. The maximum Gasteiger partial charge on any atom is 0.416 e. The van der Waals surface area contributed by atoms with E-state index in [0.717, 1.165) is 53.6 Å². The Morgan fingerprint density at radius 2 is 1.60 bits per heavy atom. The standard InChI is InChI=1S/C28H32F3NO3/c1-16-12-17(2)24(18(3)13-16)25-23(33)15-21(26(25)34)14-19-8-10-32(11-9-19)27(35)20-4-6-22(7-5-20)28(29,30)31/h4-7,12-13,19,21,25-26,34H,8-11,14-15H2,1-3H3. The van der Waals surface area contributed by atoms with Crippen LogP contribution in [0.5, 0.6) is 0 Å². The van der Waals surface area contributed by atoms with E-state index in [-0.39, 0.29) is 29.1 Å². The summed E-state index contributed by atoms with van der Waals surface area (Å²) in [5.41, 5.74) is 3.64. The number of alkyl halides is 3. The number of carbonyl (C=O) groups is 2. The summed E-state index contributed by atoms with van der Waals surface area (Å²) in [5.74, 6) is -0.471. The van der Waals surface area contributed by atoms with Crippen molar-refractivity contribution in [3.05, 3.63) is 69.8 Å². The summed E-state index contributed by atoms with van der Waals surface area (Å²) in [5, 5.41) is 11.1. The van der Waals surface area contributed by atoms with Gasteiger partial charge < -0.3 is 10.0 Å². The molecule has 1 amide bonds. The Labute approximate surface area is 204 Å². The molecule has 188 valence electrons. The number of aliphatic hydroxyl groups is 1. The van der Waals surface area contributed by atoms with Crippen LogP contribution in [0.15, 0.2) is 36.4 Å². The monoisotopic (exact) mass is 487 g/mol. The van der Waals surface area contributed by atoms with Crippen LogP contribution in [0.1, 0.15) is 69.8 Å². The minimum atomic E-state index is -4.43. The number of ketones is 1. The fourth-order valence-electron chi connectivity index (χ4n) is 5.99. The van der Waals surface area contributed by atoms with Crippen molar-refractivity contribution in [1.82, 2.24) is 4.90 Å². The molecule has 35 heavy (non-hydrogen) atoms. The van der Waals surface area contributed by atoms with Crippen LogP contribution in [0.25, 0.3) is 0 Å². The second-order valence-electron chi connectivity index (χ2n) is 10.3. The van der Waals surface area contributed by atoms with Crippen molar-refractivity contribution >= 4 is 11.7 Å². The van der Waals surface area contributed by atoms with E-state index >= 15 is 0 Å². The Morgan fingerprint density at radius 1 is 1.03 bits per heavy atom. The second-order valence-corrected chi connectivity index (χ2v) is 10.3. The Morgan fingerprint density at radius 3 is 2.14 bits per heavy atom. The lowest BCUT2D eigenvalue weighted by Crippen LogP contribution is -2.39. The SMILES string of the molecule is Cc1cc(C)c(C2C(=O)CC(CC3CCN(C(=O)c4ccc(C(F)(F)F)cc4)CC3)C2O)c(C)c1. The number of hydrogen-bond donors (Lipinski definition) is 1. The zero-order valence-corrected chi connectivity index (χ0v) is 20.4. The summed E-state index contributed by atoms with van der Waals surface area (Å²) in [7, 11) is 0. The van der Waals surface area contributed by atoms with Crippen LogP contribution in [0, 0.1) is 32.6 Å². The highest BCUT2D eigenvalue weighted by Gasteiger charge is 2.44. The van der Waals surface area contributed by atoms with E-state index in [1.165, 1.54) is 12.1 Å². The van der Waals surface area contributed by atoms with E-state index in [4.69, 9.17) is 0 Å². The van der Waals surface area contributed by atoms with Crippen LogP contribution >= 0.6 is 0 Å². The smallest absolute Gasteiger partial charge is 0.392 e. The molecule has 4 nitrogen and oxygen atoms in total. The highest BCUT2D eigenvalue weighted by Crippen LogP contribution is 2.42. The van der Waals surface area contributed by atoms with Gasteiger partial charge >= 0.3 is 6.18 Å². The van der Waals surface area contributed by atoms with Crippen LogP contribution in [0.4, 0.5) is 13.2 Å². The summed E-state index contributed by atoms with van der Waals surface area (Å²) in [4.78, 5) is 27.4. The van der Waals surface area contributed by atoms with E-state index in [0.29, 0.717) is 19.5 Å². The predicted molar refractivity (Wildman–Crippen MR) is 127 cm³/mol. The first-order valence-electron chi connectivity index (χ1n) is 12.2. The lowest BCUT2D eigenvalue weighted by Gasteiger charge is -2.34. The van der Waals surface area contributed by atoms with Gasteiger partial charge in [0.2, 0.25) is 0 Å². The average Bonchev–Trinajstić information content (AvgIpc) is 3.06. The number of hydrogen-bond acceptors (Lipinski definition) is 3. The second kappa shape index (κ2) is 9.76. The van der Waals surface area contributed by atoms with Crippen LogP contribution in [0.2, 0.25) is 0 Å². The summed E-state index contributed by atoms with van der Waals surface area (Å²) in [6.07, 6.45) is -2.55. The van der Waals surface area contributed by atoms with Crippen LogP contribution in [-0.4, -0.2) is 40.9 Å². The molecular weight excluding hydrogens is 455 g/mol. The van der Waals surface area contributed by atoms with Gasteiger partial charge in [0.1, 0.15) is 5.78 Å². The fraction of sp³-hybridized carbons (Fsp3) is 0.500. The molecule has 3 atom stereocenters. The molecule has 3 unspecified atom stereocenters. The van der Waals surface area contributed by atoms with Gasteiger partial charge in [0.05, 0.1) is 17.6 Å². The third kappa shape index (κ3) is 5.30. The van der Waals surface area contributed by atoms with E-state index in [1.807, 2.05) is 20.8 Å². The van der Waals surface area contributed by atoms with Crippen molar-refractivity contribution in [3.63, 3.8) is 0 Å². The molecule has 0 radical (unpaired) electrons. The molecule has 0 spiro atoms. The Bertz CT molecular complexity index is 1080. The Hall–Kier alpha value is -2.67. The summed E-state index contributed by atoms with van der Waals surface area (Å²) in [6, 6.07) is 8.44. The molecule has 1 N–H and O–H groups in total. The van der Waals surface area contributed by atoms with Crippen molar-refractivity contribution < 1.29 is 27.9 Å². The molecule has 7 heteroatoms.